The number of hydrogen-bond donors (Lipinski definition) is 1. The molecule has 150 valence electrons. The Hall–Kier alpha value is -2.76. The van der Waals surface area contributed by atoms with Gasteiger partial charge in [0.25, 0.3) is 5.91 Å². The number of amidine groups is 1. The first kappa shape index (κ1) is 20.5. The number of carbonyl (C=O) groups is 1. The van der Waals surface area contributed by atoms with E-state index in [4.69, 9.17) is 0 Å². The largest absolute Gasteiger partial charge is 0.300 e. The predicted octanol–water partition coefficient (Wildman–Crippen LogP) is 6.65. The third kappa shape index (κ3) is 5.04. The molecule has 3 nitrogen and oxygen atoms in total. The van der Waals surface area contributed by atoms with E-state index < -0.39 is 0 Å². The van der Waals surface area contributed by atoms with Crippen LogP contribution in [0.25, 0.3) is 6.08 Å². The Morgan fingerprint density at radius 1 is 0.867 bits per heavy atom. The van der Waals surface area contributed by atoms with Gasteiger partial charge >= 0.3 is 0 Å². The minimum Gasteiger partial charge on any atom is -0.300 e. The smallest absolute Gasteiger partial charge is 0.264 e. The summed E-state index contributed by atoms with van der Waals surface area (Å²) in [6.07, 6.45) is 1.91. The molecule has 4 rings (SSSR count). The molecular weight excluding hydrogens is 408 g/mol. The summed E-state index contributed by atoms with van der Waals surface area (Å²) in [6, 6.07) is 22.8. The van der Waals surface area contributed by atoms with Crippen LogP contribution in [-0.4, -0.2) is 11.1 Å². The second-order valence-electron chi connectivity index (χ2n) is 7.23. The Kier molecular flexibility index (Phi) is 6.11. The van der Waals surface area contributed by atoms with Crippen molar-refractivity contribution in [1.29, 1.82) is 0 Å². The van der Waals surface area contributed by atoms with Crippen LogP contribution in [0.15, 0.2) is 86.4 Å². The summed E-state index contributed by atoms with van der Waals surface area (Å²) in [6.45, 7) is 6.22. The summed E-state index contributed by atoms with van der Waals surface area (Å²) in [5, 5.41) is 3.47. The number of hydrogen-bond acceptors (Lipinski definition) is 4. The van der Waals surface area contributed by atoms with Gasteiger partial charge in [0.15, 0.2) is 5.17 Å². The van der Waals surface area contributed by atoms with Crippen molar-refractivity contribution >= 4 is 46.4 Å². The van der Waals surface area contributed by atoms with Gasteiger partial charge in [-0.25, -0.2) is 4.99 Å². The van der Waals surface area contributed by atoms with E-state index in [9.17, 15) is 4.79 Å². The summed E-state index contributed by atoms with van der Waals surface area (Å²) in [5.41, 5.74) is 5.51. The van der Waals surface area contributed by atoms with Crippen molar-refractivity contribution in [2.45, 2.75) is 30.6 Å². The highest BCUT2D eigenvalue weighted by molar-refractivity contribution is 8.18. The number of nitrogens with zero attached hydrogens (tertiary/aromatic N) is 1. The number of rotatable bonds is 4. The SMILES string of the molecule is Cc1ccc(Sc2ccc(/C=C3\SC(=Nc4ccc(C)c(C)c4)NC3=O)cc2)cc1. The highest BCUT2D eigenvalue weighted by Gasteiger charge is 2.23. The average molecular weight is 431 g/mol. The summed E-state index contributed by atoms with van der Waals surface area (Å²) < 4.78 is 0. The Morgan fingerprint density at radius 3 is 2.20 bits per heavy atom. The second kappa shape index (κ2) is 8.94. The van der Waals surface area contributed by atoms with Gasteiger partial charge in [0.1, 0.15) is 0 Å². The van der Waals surface area contributed by atoms with Crippen LogP contribution < -0.4 is 5.32 Å². The van der Waals surface area contributed by atoms with Gasteiger partial charge in [0, 0.05) is 9.79 Å². The van der Waals surface area contributed by atoms with Gasteiger partial charge in [0.05, 0.1) is 10.6 Å². The van der Waals surface area contributed by atoms with Crippen molar-refractivity contribution < 1.29 is 4.79 Å². The van der Waals surface area contributed by atoms with Crippen LogP contribution in [0.1, 0.15) is 22.3 Å². The van der Waals surface area contributed by atoms with Crippen molar-refractivity contribution in [2.75, 3.05) is 0 Å². The Labute approximate surface area is 185 Å². The summed E-state index contributed by atoms with van der Waals surface area (Å²) >= 11 is 3.10. The molecule has 1 saturated heterocycles. The van der Waals surface area contributed by atoms with Crippen LogP contribution in [0.3, 0.4) is 0 Å². The lowest BCUT2D eigenvalue weighted by atomic mass is 10.1. The molecule has 0 atom stereocenters. The van der Waals surface area contributed by atoms with Crippen LogP contribution in [-0.2, 0) is 4.79 Å². The van der Waals surface area contributed by atoms with E-state index in [0.717, 1.165) is 11.3 Å². The molecule has 30 heavy (non-hydrogen) atoms. The maximum atomic E-state index is 12.4. The lowest BCUT2D eigenvalue weighted by Gasteiger charge is -2.03. The van der Waals surface area contributed by atoms with Gasteiger partial charge in [-0.2, -0.15) is 0 Å². The monoisotopic (exact) mass is 430 g/mol. The first-order valence-electron chi connectivity index (χ1n) is 9.68. The normalized spacial score (nSPS) is 16.3. The maximum Gasteiger partial charge on any atom is 0.264 e. The third-order valence-corrected chi connectivity index (χ3v) is 6.73. The van der Waals surface area contributed by atoms with Crippen LogP contribution >= 0.6 is 23.5 Å². The Bertz CT molecular complexity index is 1150. The van der Waals surface area contributed by atoms with Crippen molar-refractivity contribution in [3.63, 3.8) is 0 Å². The molecule has 1 amide bonds. The van der Waals surface area contributed by atoms with Crippen LogP contribution in [0.5, 0.6) is 0 Å². The maximum absolute atomic E-state index is 12.4. The third-order valence-electron chi connectivity index (χ3n) is 4.81. The average Bonchev–Trinajstić information content (AvgIpc) is 3.07. The molecule has 1 N–H and O–H groups in total. The number of aryl methyl sites for hydroxylation is 3. The van der Waals surface area contributed by atoms with E-state index in [1.54, 1.807) is 11.8 Å². The quantitative estimate of drug-likeness (QED) is 0.471. The van der Waals surface area contributed by atoms with Crippen molar-refractivity contribution in [2.24, 2.45) is 4.99 Å². The van der Waals surface area contributed by atoms with Crippen LogP contribution in [0.4, 0.5) is 5.69 Å². The molecule has 3 aromatic carbocycles. The zero-order valence-corrected chi connectivity index (χ0v) is 18.7. The fourth-order valence-corrected chi connectivity index (χ4v) is 4.58. The van der Waals surface area contributed by atoms with Crippen LogP contribution in [0.2, 0.25) is 0 Å². The molecule has 5 heteroatoms. The van der Waals surface area contributed by atoms with Crippen molar-refractivity contribution in [1.82, 2.24) is 5.32 Å². The van der Waals surface area contributed by atoms with E-state index in [1.807, 2.05) is 36.4 Å². The van der Waals surface area contributed by atoms with Gasteiger partial charge in [-0.15, -0.1) is 0 Å². The standard InChI is InChI=1S/C25H22N2OS2/c1-16-4-10-21(11-5-16)29-22-12-7-19(8-13-22)15-23-24(28)27-25(30-23)26-20-9-6-17(2)18(3)14-20/h4-15H,1-3H3,(H,26,27,28)/b23-15-. The Balaban J connectivity index is 1.46. The molecule has 0 aliphatic carbocycles. The first-order chi connectivity index (χ1) is 14.5. The molecule has 1 heterocycles. The highest BCUT2D eigenvalue weighted by Crippen LogP contribution is 2.31. The van der Waals surface area contributed by atoms with Gasteiger partial charge in [-0.3, -0.25) is 4.79 Å². The Morgan fingerprint density at radius 2 is 1.53 bits per heavy atom. The topological polar surface area (TPSA) is 41.5 Å². The number of carbonyl (C=O) groups excluding carboxylic acids is 1. The molecule has 1 fully saturated rings. The molecule has 0 unspecified atom stereocenters. The summed E-state index contributed by atoms with van der Waals surface area (Å²) in [4.78, 5) is 20.0. The number of amides is 1. The zero-order chi connectivity index (χ0) is 21.1. The molecule has 1 aliphatic rings. The van der Waals surface area contributed by atoms with Crippen molar-refractivity contribution in [3.05, 3.63) is 93.9 Å². The van der Waals surface area contributed by atoms with E-state index in [1.165, 1.54) is 38.2 Å². The number of benzene rings is 3. The molecule has 0 aromatic heterocycles. The van der Waals surface area contributed by atoms with E-state index in [2.05, 4.69) is 67.5 Å². The molecule has 0 spiro atoms. The summed E-state index contributed by atoms with van der Waals surface area (Å²) in [7, 11) is 0. The molecule has 3 aromatic rings. The second-order valence-corrected chi connectivity index (χ2v) is 9.41. The van der Waals surface area contributed by atoms with Gasteiger partial charge in [-0.05, 0) is 91.7 Å². The summed E-state index contributed by atoms with van der Waals surface area (Å²) in [5.74, 6) is -0.110. The predicted molar refractivity (Wildman–Crippen MR) is 128 cm³/mol. The zero-order valence-electron chi connectivity index (χ0n) is 17.1. The molecular formula is C25H22N2OS2. The molecule has 0 saturated carbocycles. The molecule has 0 radical (unpaired) electrons. The van der Waals surface area contributed by atoms with Crippen molar-refractivity contribution in [3.8, 4) is 0 Å². The molecule has 1 aliphatic heterocycles. The lowest BCUT2D eigenvalue weighted by molar-refractivity contribution is -0.115. The van der Waals surface area contributed by atoms with Gasteiger partial charge in [0.2, 0.25) is 0 Å². The number of nitrogens with one attached hydrogen (secondary N) is 1. The minimum atomic E-state index is -0.110. The lowest BCUT2D eigenvalue weighted by Crippen LogP contribution is -2.19. The minimum absolute atomic E-state index is 0.110. The van der Waals surface area contributed by atoms with Crippen LogP contribution in [0, 0.1) is 20.8 Å². The number of thioether (sulfide) groups is 1. The van der Waals surface area contributed by atoms with Gasteiger partial charge in [-0.1, -0.05) is 47.7 Å². The highest BCUT2D eigenvalue weighted by atomic mass is 32.2. The first-order valence-corrected chi connectivity index (χ1v) is 11.3. The fraction of sp³-hybridized carbons (Fsp3) is 0.120. The van der Waals surface area contributed by atoms with E-state index >= 15 is 0 Å². The van der Waals surface area contributed by atoms with Gasteiger partial charge < -0.3 is 5.32 Å². The fourth-order valence-electron chi connectivity index (χ4n) is 2.92. The number of aliphatic imine (C=N–C) groups is 1. The van der Waals surface area contributed by atoms with E-state index in [0.29, 0.717) is 10.1 Å². The van der Waals surface area contributed by atoms with E-state index in [-0.39, 0.29) is 5.91 Å². The molecule has 0 bridgehead atoms.